The number of nitrogens with zero attached hydrogens (tertiary/aromatic N) is 1. The zero-order valence-electron chi connectivity index (χ0n) is 10.5. The van der Waals surface area contributed by atoms with Crippen molar-refractivity contribution >= 4 is 11.3 Å². The number of nitrogens with one attached hydrogen (secondary N) is 1. The molecule has 0 saturated carbocycles. The maximum absolute atomic E-state index is 5.05. The van der Waals surface area contributed by atoms with Crippen LogP contribution in [0, 0.1) is 0 Å². The molecule has 0 aromatic carbocycles. The quantitative estimate of drug-likeness (QED) is 0.761. The van der Waals surface area contributed by atoms with Crippen LogP contribution in [0.3, 0.4) is 0 Å². The van der Waals surface area contributed by atoms with Crippen molar-refractivity contribution in [1.29, 1.82) is 0 Å². The minimum Gasteiger partial charge on any atom is -0.378 e. The van der Waals surface area contributed by atoms with Crippen molar-refractivity contribution in [1.82, 2.24) is 10.3 Å². The largest absolute Gasteiger partial charge is 0.378 e. The van der Waals surface area contributed by atoms with Crippen molar-refractivity contribution in [3.63, 3.8) is 0 Å². The highest BCUT2D eigenvalue weighted by Crippen LogP contribution is 2.11. The summed E-state index contributed by atoms with van der Waals surface area (Å²) in [6.07, 6.45) is 3.66. The number of aromatic nitrogens is 1. The van der Waals surface area contributed by atoms with Crippen LogP contribution < -0.4 is 5.32 Å². The van der Waals surface area contributed by atoms with Crippen molar-refractivity contribution in [3.05, 3.63) is 16.1 Å². The smallest absolute Gasteiger partial charge is 0.119 e. The van der Waals surface area contributed by atoms with Gasteiger partial charge >= 0.3 is 0 Å². The van der Waals surface area contributed by atoms with Crippen molar-refractivity contribution in [3.8, 4) is 0 Å². The highest BCUT2D eigenvalue weighted by molar-refractivity contribution is 7.09. The Bertz CT molecular complexity index is 288. The molecule has 1 heterocycles. The summed E-state index contributed by atoms with van der Waals surface area (Å²) in [6.45, 7) is 5.95. The Morgan fingerprint density at radius 2 is 2.31 bits per heavy atom. The van der Waals surface area contributed by atoms with Crippen molar-refractivity contribution in [2.24, 2.45) is 0 Å². The fourth-order valence-electron chi connectivity index (χ4n) is 1.67. The van der Waals surface area contributed by atoms with Crippen molar-refractivity contribution in [2.75, 3.05) is 7.11 Å². The molecule has 0 aliphatic heterocycles. The van der Waals surface area contributed by atoms with Crippen LogP contribution in [0.1, 0.15) is 43.8 Å². The first-order valence-electron chi connectivity index (χ1n) is 5.95. The number of thiazole rings is 1. The van der Waals surface area contributed by atoms with Crippen LogP contribution in [0.25, 0.3) is 0 Å². The van der Waals surface area contributed by atoms with Gasteiger partial charge in [-0.2, -0.15) is 0 Å². The summed E-state index contributed by atoms with van der Waals surface area (Å²) in [5, 5.41) is 6.71. The second kappa shape index (κ2) is 7.76. The van der Waals surface area contributed by atoms with E-state index in [2.05, 4.69) is 29.5 Å². The topological polar surface area (TPSA) is 34.1 Å². The SMILES string of the molecule is CCCC(CC)NCc1csc(COC)n1. The lowest BCUT2D eigenvalue weighted by molar-refractivity contribution is 0.184. The molecule has 0 saturated heterocycles. The van der Waals surface area contributed by atoms with Gasteiger partial charge in [-0.1, -0.05) is 20.3 Å². The number of ether oxygens (including phenoxy) is 1. The number of hydrogen-bond acceptors (Lipinski definition) is 4. The molecule has 3 nitrogen and oxygen atoms in total. The molecular weight excluding hydrogens is 220 g/mol. The number of hydrogen-bond donors (Lipinski definition) is 1. The third kappa shape index (κ3) is 4.60. The summed E-state index contributed by atoms with van der Waals surface area (Å²) in [6, 6.07) is 0.623. The average Bonchev–Trinajstić information content (AvgIpc) is 2.72. The summed E-state index contributed by atoms with van der Waals surface area (Å²) in [4.78, 5) is 4.50. The second-order valence-electron chi connectivity index (χ2n) is 3.94. The number of methoxy groups -OCH3 is 1. The standard InChI is InChI=1S/C12H22N2OS/c1-4-6-10(5-2)13-7-11-9-16-12(14-11)8-15-3/h9-10,13H,4-8H2,1-3H3. The van der Waals surface area contributed by atoms with E-state index in [-0.39, 0.29) is 0 Å². The van der Waals surface area contributed by atoms with Crippen LogP contribution in [0.2, 0.25) is 0 Å². The molecule has 0 spiro atoms. The lowest BCUT2D eigenvalue weighted by atomic mass is 10.1. The van der Waals surface area contributed by atoms with E-state index in [4.69, 9.17) is 4.74 Å². The van der Waals surface area contributed by atoms with E-state index in [0.29, 0.717) is 12.6 Å². The highest BCUT2D eigenvalue weighted by atomic mass is 32.1. The fraction of sp³-hybridized carbons (Fsp3) is 0.750. The molecule has 1 N–H and O–H groups in total. The first-order chi connectivity index (χ1) is 7.80. The van der Waals surface area contributed by atoms with E-state index in [0.717, 1.165) is 17.2 Å². The first kappa shape index (κ1) is 13.6. The van der Waals surface area contributed by atoms with Gasteiger partial charge in [0.1, 0.15) is 5.01 Å². The van der Waals surface area contributed by atoms with Crippen LogP contribution in [0.15, 0.2) is 5.38 Å². The molecule has 0 aliphatic rings. The van der Waals surface area contributed by atoms with Gasteiger partial charge in [0.15, 0.2) is 0 Å². The van der Waals surface area contributed by atoms with Gasteiger partial charge in [0.2, 0.25) is 0 Å². The van der Waals surface area contributed by atoms with Gasteiger partial charge in [0.25, 0.3) is 0 Å². The average molecular weight is 242 g/mol. The Morgan fingerprint density at radius 3 is 2.94 bits per heavy atom. The third-order valence-electron chi connectivity index (χ3n) is 2.57. The van der Waals surface area contributed by atoms with E-state index < -0.39 is 0 Å². The molecule has 0 bridgehead atoms. The highest BCUT2D eigenvalue weighted by Gasteiger charge is 2.06. The van der Waals surface area contributed by atoms with Gasteiger partial charge in [0.05, 0.1) is 12.3 Å². The minimum absolute atomic E-state index is 0.622. The van der Waals surface area contributed by atoms with E-state index in [1.165, 1.54) is 19.3 Å². The van der Waals surface area contributed by atoms with Crippen molar-refractivity contribution < 1.29 is 4.74 Å². The van der Waals surface area contributed by atoms with Crippen LogP contribution in [-0.2, 0) is 17.9 Å². The monoisotopic (exact) mass is 242 g/mol. The molecular formula is C12H22N2OS. The molecule has 16 heavy (non-hydrogen) atoms. The first-order valence-corrected chi connectivity index (χ1v) is 6.83. The fourth-order valence-corrected chi connectivity index (χ4v) is 2.43. The lowest BCUT2D eigenvalue weighted by Crippen LogP contribution is -2.27. The van der Waals surface area contributed by atoms with E-state index >= 15 is 0 Å². The number of rotatable bonds is 8. The van der Waals surface area contributed by atoms with Gasteiger partial charge < -0.3 is 10.1 Å². The Balaban J connectivity index is 2.34. The zero-order valence-corrected chi connectivity index (χ0v) is 11.3. The van der Waals surface area contributed by atoms with Gasteiger partial charge in [0, 0.05) is 25.1 Å². The maximum Gasteiger partial charge on any atom is 0.119 e. The molecule has 0 fully saturated rings. The molecule has 92 valence electrons. The predicted octanol–water partition coefficient (Wildman–Crippen LogP) is 2.96. The zero-order chi connectivity index (χ0) is 11.8. The van der Waals surface area contributed by atoms with E-state index in [9.17, 15) is 0 Å². The van der Waals surface area contributed by atoms with Crippen LogP contribution in [0.5, 0.6) is 0 Å². The second-order valence-corrected chi connectivity index (χ2v) is 4.88. The molecule has 0 radical (unpaired) electrons. The van der Waals surface area contributed by atoms with E-state index in [1.54, 1.807) is 18.4 Å². The van der Waals surface area contributed by atoms with Crippen LogP contribution >= 0.6 is 11.3 Å². The van der Waals surface area contributed by atoms with Gasteiger partial charge in [-0.25, -0.2) is 4.98 Å². The van der Waals surface area contributed by atoms with Gasteiger partial charge in [-0.3, -0.25) is 0 Å². The summed E-state index contributed by atoms with van der Waals surface area (Å²) >= 11 is 1.67. The van der Waals surface area contributed by atoms with Crippen LogP contribution in [-0.4, -0.2) is 18.1 Å². The summed E-state index contributed by atoms with van der Waals surface area (Å²) in [5.74, 6) is 0. The van der Waals surface area contributed by atoms with Gasteiger partial charge in [-0.05, 0) is 12.8 Å². The summed E-state index contributed by atoms with van der Waals surface area (Å²) in [5.41, 5.74) is 1.13. The van der Waals surface area contributed by atoms with Crippen molar-refractivity contribution in [2.45, 2.75) is 52.3 Å². The Labute approximate surface area is 102 Å². The third-order valence-corrected chi connectivity index (χ3v) is 3.44. The maximum atomic E-state index is 5.05. The molecule has 1 aromatic rings. The van der Waals surface area contributed by atoms with Gasteiger partial charge in [-0.15, -0.1) is 11.3 Å². The molecule has 1 aromatic heterocycles. The lowest BCUT2D eigenvalue weighted by Gasteiger charge is -2.14. The molecule has 4 heteroatoms. The Hall–Kier alpha value is -0.450. The Morgan fingerprint density at radius 1 is 1.50 bits per heavy atom. The predicted molar refractivity (Wildman–Crippen MR) is 68.7 cm³/mol. The Kier molecular flexibility index (Phi) is 6.61. The van der Waals surface area contributed by atoms with E-state index in [1.807, 2.05) is 0 Å². The molecule has 0 amide bonds. The normalized spacial score (nSPS) is 12.9. The summed E-state index contributed by atoms with van der Waals surface area (Å²) in [7, 11) is 1.70. The molecule has 1 rings (SSSR count). The molecule has 1 atom stereocenters. The minimum atomic E-state index is 0.622. The molecule has 1 unspecified atom stereocenters. The molecule has 0 aliphatic carbocycles. The van der Waals surface area contributed by atoms with Crippen LogP contribution in [0.4, 0.5) is 0 Å². The summed E-state index contributed by atoms with van der Waals surface area (Å²) < 4.78 is 5.05.